The van der Waals surface area contributed by atoms with Crippen molar-refractivity contribution in [2.45, 2.75) is 19.8 Å². The molecule has 1 aliphatic rings. The van der Waals surface area contributed by atoms with Gasteiger partial charge in [0.1, 0.15) is 10.4 Å². The number of methoxy groups -OCH3 is 1. The van der Waals surface area contributed by atoms with Gasteiger partial charge in [0.25, 0.3) is 11.8 Å². The van der Waals surface area contributed by atoms with Crippen LogP contribution in [0.4, 0.5) is 0 Å². The van der Waals surface area contributed by atoms with Crippen LogP contribution in [0.3, 0.4) is 0 Å². The Labute approximate surface area is 174 Å². The minimum atomic E-state index is -0.110. The fourth-order valence-electron chi connectivity index (χ4n) is 3.30. The molecule has 158 valence electrons. The van der Waals surface area contributed by atoms with Crippen molar-refractivity contribution in [2.24, 2.45) is 7.05 Å². The number of carbonyl (C=O) groups excluding carboxylic acids is 2. The number of hydrogen-bond acceptors (Lipinski definition) is 8. The number of carbonyl (C=O) groups is 2. The highest BCUT2D eigenvalue weighted by Crippen LogP contribution is 2.18. The average molecular weight is 422 g/mol. The highest BCUT2D eigenvalue weighted by atomic mass is 32.1. The average Bonchev–Trinajstić information content (AvgIpc) is 3.34. The number of hydrogen-bond donors (Lipinski definition) is 1. The van der Waals surface area contributed by atoms with Crippen LogP contribution < -0.4 is 10.1 Å². The van der Waals surface area contributed by atoms with Crippen LogP contribution in [0.15, 0.2) is 6.20 Å². The van der Waals surface area contributed by atoms with E-state index in [2.05, 4.69) is 31.8 Å². The normalized spacial score (nSPS) is 14.8. The molecule has 0 radical (unpaired) electrons. The molecule has 2 aromatic rings. The number of aromatic nitrogens is 4. The van der Waals surface area contributed by atoms with Crippen LogP contribution in [-0.2, 0) is 13.5 Å². The van der Waals surface area contributed by atoms with Gasteiger partial charge >= 0.3 is 0 Å². The maximum absolute atomic E-state index is 12.7. The lowest BCUT2D eigenvalue weighted by Crippen LogP contribution is -2.50. The Morgan fingerprint density at radius 1 is 1.28 bits per heavy atom. The van der Waals surface area contributed by atoms with E-state index in [9.17, 15) is 9.59 Å². The van der Waals surface area contributed by atoms with Gasteiger partial charge in [0.15, 0.2) is 0 Å². The zero-order valence-electron chi connectivity index (χ0n) is 17.1. The van der Waals surface area contributed by atoms with Crippen LogP contribution in [0.1, 0.15) is 39.1 Å². The summed E-state index contributed by atoms with van der Waals surface area (Å²) in [5.74, 6) is 0.174. The van der Waals surface area contributed by atoms with Gasteiger partial charge in [0.2, 0.25) is 5.88 Å². The summed E-state index contributed by atoms with van der Waals surface area (Å²) in [6.45, 7) is 6.11. The van der Waals surface area contributed by atoms with Crippen molar-refractivity contribution in [2.75, 3.05) is 46.4 Å². The van der Waals surface area contributed by atoms with E-state index in [-0.39, 0.29) is 11.8 Å². The smallest absolute Gasteiger partial charge is 0.264 e. The molecular weight excluding hydrogens is 394 g/mol. The third-order valence-electron chi connectivity index (χ3n) is 4.84. The van der Waals surface area contributed by atoms with Gasteiger partial charge in [-0.1, -0.05) is 17.8 Å². The third kappa shape index (κ3) is 5.10. The molecule has 0 spiro atoms. The minimum Gasteiger partial charge on any atom is -0.479 e. The largest absolute Gasteiger partial charge is 0.479 e. The highest BCUT2D eigenvalue weighted by molar-refractivity contribution is 7.08. The summed E-state index contributed by atoms with van der Waals surface area (Å²) in [6, 6.07) is 0. The molecule has 1 N–H and O–H groups in total. The summed E-state index contributed by atoms with van der Waals surface area (Å²) < 4.78 is 10.7. The predicted molar refractivity (Wildman–Crippen MR) is 108 cm³/mol. The summed E-state index contributed by atoms with van der Waals surface area (Å²) in [5.41, 5.74) is 1.25. The van der Waals surface area contributed by atoms with Gasteiger partial charge in [-0.2, -0.15) is 0 Å². The van der Waals surface area contributed by atoms with Gasteiger partial charge in [-0.05, 0) is 18.0 Å². The molecule has 29 heavy (non-hydrogen) atoms. The van der Waals surface area contributed by atoms with Crippen LogP contribution in [0.25, 0.3) is 0 Å². The molecule has 0 unspecified atom stereocenters. The van der Waals surface area contributed by atoms with E-state index in [0.717, 1.165) is 49.7 Å². The van der Waals surface area contributed by atoms with Crippen LogP contribution in [0, 0.1) is 0 Å². The van der Waals surface area contributed by atoms with E-state index in [1.54, 1.807) is 17.9 Å². The zero-order valence-corrected chi connectivity index (χ0v) is 17.9. The Morgan fingerprint density at radius 2 is 2.03 bits per heavy atom. The van der Waals surface area contributed by atoms with Crippen LogP contribution >= 0.6 is 11.5 Å². The first-order valence-corrected chi connectivity index (χ1v) is 10.5. The third-order valence-corrected chi connectivity index (χ3v) is 5.61. The maximum atomic E-state index is 12.7. The van der Waals surface area contributed by atoms with E-state index in [1.807, 2.05) is 4.90 Å². The zero-order chi connectivity index (χ0) is 20.8. The summed E-state index contributed by atoms with van der Waals surface area (Å²) >= 11 is 1.14. The fourth-order valence-corrected chi connectivity index (χ4v) is 3.92. The molecule has 0 aromatic carbocycles. The SMILES string of the molecule is CCCc1nnsc1C(=O)NCCN1CCN(C(=O)c2cn(C)nc2OC)CC1. The van der Waals surface area contributed by atoms with Crippen molar-refractivity contribution in [1.29, 1.82) is 0 Å². The lowest BCUT2D eigenvalue weighted by atomic mass is 10.2. The van der Waals surface area contributed by atoms with Crippen LogP contribution in [-0.4, -0.2) is 87.4 Å². The number of rotatable bonds is 8. The first-order valence-electron chi connectivity index (χ1n) is 9.72. The summed E-state index contributed by atoms with van der Waals surface area (Å²) in [6.07, 6.45) is 3.38. The number of nitrogens with one attached hydrogen (secondary N) is 1. The lowest BCUT2D eigenvalue weighted by molar-refractivity contribution is 0.0635. The number of piperazine rings is 1. The molecule has 1 aliphatic heterocycles. The molecule has 11 heteroatoms. The standard InChI is InChI=1S/C18H27N7O3S/c1-4-5-14-15(29-22-20-14)16(26)19-6-7-24-8-10-25(11-9-24)18(27)13-12-23(2)21-17(13)28-3/h12H,4-11H2,1-3H3,(H,19,26). The van der Waals surface area contributed by atoms with E-state index in [1.165, 1.54) is 7.11 Å². The fraction of sp³-hybridized carbons (Fsp3) is 0.611. The molecule has 3 heterocycles. The number of aryl methyl sites for hydroxylation is 2. The van der Waals surface area contributed by atoms with Crippen LogP contribution in [0.5, 0.6) is 5.88 Å². The molecule has 2 aromatic heterocycles. The Kier molecular flexibility index (Phi) is 7.15. The van der Waals surface area contributed by atoms with Gasteiger partial charge < -0.3 is 15.0 Å². The second kappa shape index (κ2) is 9.79. The van der Waals surface area contributed by atoms with Gasteiger partial charge in [-0.15, -0.1) is 10.2 Å². The highest BCUT2D eigenvalue weighted by Gasteiger charge is 2.26. The summed E-state index contributed by atoms with van der Waals surface area (Å²) in [7, 11) is 3.28. The predicted octanol–water partition coefficient (Wildman–Crippen LogP) is 0.421. The maximum Gasteiger partial charge on any atom is 0.264 e. The van der Waals surface area contributed by atoms with Gasteiger partial charge in [-0.25, -0.2) is 0 Å². The lowest BCUT2D eigenvalue weighted by Gasteiger charge is -2.34. The topological polar surface area (TPSA) is 105 Å². The molecule has 1 saturated heterocycles. The van der Waals surface area contributed by atoms with Crippen molar-refractivity contribution in [3.8, 4) is 5.88 Å². The number of ether oxygens (including phenoxy) is 1. The van der Waals surface area contributed by atoms with Crippen molar-refractivity contribution < 1.29 is 14.3 Å². The molecule has 1 fully saturated rings. The summed E-state index contributed by atoms with van der Waals surface area (Å²) in [5, 5.41) is 11.1. The van der Waals surface area contributed by atoms with E-state index < -0.39 is 0 Å². The van der Waals surface area contributed by atoms with Gasteiger partial charge in [-0.3, -0.25) is 19.2 Å². The monoisotopic (exact) mass is 421 g/mol. The van der Waals surface area contributed by atoms with E-state index in [0.29, 0.717) is 36.0 Å². The van der Waals surface area contributed by atoms with E-state index >= 15 is 0 Å². The number of amides is 2. The molecule has 0 saturated carbocycles. The second-order valence-electron chi connectivity index (χ2n) is 6.91. The molecule has 3 rings (SSSR count). The first kappa shape index (κ1) is 21.2. The van der Waals surface area contributed by atoms with Crippen LogP contribution in [0.2, 0.25) is 0 Å². The van der Waals surface area contributed by atoms with E-state index in [4.69, 9.17) is 4.74 Å². The van der Waals surface area contributed by atoms with Crippen molar-refractivity contribution >= 4 is 23.3 Å². The van der Waals surface area contributed by atoms with Crippen molar-refractivity contribution in [1.82, 2.24) is 34.5 Å². The van der Waals surface area contributed by atoms with Gasteiger partial charge in [0, 0.05) is 52.5 Å². The Morgan fingerprint density at radius 3 is 2.72 bits per heavy atom. The molecule has 2 amide bonds. The molecular formula is C18H27N7O3S. The molecule has 10 nitrogen and oxygen atoms in total. The van der Waals surface area contributed by atoms with Gasteiger partial charge in [0.05, 0.1) is 12.8 Å². The molecule has 0 bridgehead atoms. The minimum absolute atomic E-state index is 0.0657. The Bertz CT molecular complexity index is 842. The molecule has 0 atom stereocenters. The molecule has 0 aliphatic carbocycles. The van der Waals surface area contributed by atoms with Crippen molar-refractivity contribution in [3.63, 3.8) is 0 Å². The van der Waals surface area contributed by atoms with Crippen molar-refractivity contribution in [3.05, 3.63) is 22.3 Å². The first-order chi connectivity index (χ1) is 14.0. The quantitative estimate of drug-likeness (QED) is 0.658. The Balaban J connectivity index is 1.43. The Hall–Kier alpha value is -2.53. The second-order valence-corrected chi connectivity index (χ2v) is 7.67. The number of nitrogens with zero attached hydrogens (tertiary/aromatic N) is 6. The summed E-state index contributed by atoms with van der Waals surface area (Å²) in [4.78, 5) is 29.7.